The molecule has 2 aliphatic rings. The highest BCUT2D eigenvalue weighted by molar-refractivity contribution is 5.74. The molecule has 12 heavy (non-hydrogen) atoms. The van der Waals surface area contributed by atoms with Crippen LogP contribution in [0.1, 0.15) is 32.6 Å². The number of rotatable bonds is 1. The van der Waals surface area contributed by atoms with E-state index in [9.17, 15) is 4.79 Å². The van der Waals surface area contributed by atoms with E-state index in [-0.39, 0.29) is 17.5 Å². The van der Waals surface area contributed by atoms with Crippen molar-refractivity contribution in [2.75, 3.05) is 0 Å². The molecule has 1 saturated carbocycles. The van der Waals surface area contributed by atoms with Gasteiger partial charge < -0.3 is 4.74 Å². The standard InChI is InChI=1S/C10H14O2/c1-2-5-10-6-3-4-8(10)12-9(11)7-10/h2,5,8H,3-4,6-7H2,1H3/b5-2-. The summed E-state index contributed by atoms with van der Waals surface area (Å²) in [5.74, 6) is -0.0159. The molecule has 1 saturated heterocycles. The number of hydrogen-bond donors (Lipinski definition) is 0. The van der Waals surface area contributed by atoms with Crippen LogP contribution in [0, 0.1) is 5.41 Å². The number of carbonyl (C=O) groups is 1. The lowest BCUT2D eigenvalue weighted by Crippen LogP contribution is -2.21. The van der Waals surface area contributed by atoms with Gasteiger partial charge in [-0.15, -0.1) is 0 Å². The smallest absolute Gasteiger partial charge is 0.307 e. The molecule has 0 spiro atoms. The van der Waals surface area contributed by atoms with E-state index in [2.05, 4.69) is 6.08 Å². The minimum absolute atomic E-state index is 0.0159. The van der Waals surface area contributed by atoms with Gasteiger partial charge >= 0.3 is 5.97 Å². The summed E-state index contributed by atoms with van der Waals surface area (Å²) in [6.45, 7) is 2.01. The molecule has 0 amide bonds. The number of hydrogen-bond acceptors (Lipinski definition) is 2. The molecule has 2 unspecified atom stereocenters. The normalized spacial score (nSPS) is 40.4. The largest absolute Gasteiger partial charge is 0.461 e. The summed E-state index contributed by atoms with van der Waals surface area (Å²) in [4.78, 5) is 11.1. The zero-order valence-electron chi connectivity index (χ0n) is 7.38. The molecule has 2 nitrogen and oxygen atoms in total. The Hall–Kier alpha value is -0.790. The fourth-order valence-electron chi connectivity index (χ4n) is 2.49. The van der Waals surface area contributed by atoms with Gasteiger partial charge in [-0.1, -0.05) is 12.2 Å². The van der Waals surface area contributed by atoms with Gasteiger partial charge in [-0.2, -0.15) is 0 Å². The van der Waals surface area contributed by atoms with Crippen LogP contribution in [0.15, 0.2) is 12.2 Å². The van der Waals surface area contributed by atoms with Crippen molar-refractivity contribution in [1.29, 1.82) is 0 Å². The minimum atomic E-state index is -0.0159. The summed E-state index contributed by atoms with van der Waals surface area (Å²) in [6, 6.07) is 0. The zero-order chi connectivity index (χ0) is 8.60. The van der Waals surface area contributed by atoms with Crippen molar-refractivity contribution in [3.8, 4) is 0 Å². The lowest BCUT2D eigenvalue weighted by molar-refractivity contribution is -0.141. The minimum Gasteiger partial charge on any atom is -0.461 e. The molecule has 0 radical (unpaired) electrons. The Labute approximate surface area is 72.6 Å². The first-order valence-electron chi connectivity index (χ1n) is 4.60. The molecule has 66 valence electrons. The van der Waals surface area contributed by atoms with E-state index >= 15 is 0 Å². The van der Waals surface area contributed by atoms with Crippen molar-refractivity contribution >= 4 is 5.97 Å². The molecular formula is C10H14O2. The van der Waals surface area contributed by atoms with Crippen LogP contribution in [0.4, 0.5) is 0 Å². The van der Waals surface area contributed by atoms with Crippen molar-refractivity contribution < 1.29 is 9.53 Å². The average Bonchev–Trinajstić information content (AvgIpc) is 2.44. The van der Waals surface area contributed by atoms with Gasteiger partial charge in [0.15, 0.2) is 0 Å². The summed E-state index contributed by atoms with van der Waals surface area (Å²) in [5, 5.41) is 0. The molecule has 2 rings (SSSR count). The SMILES string of the molecule is C/C=C\C12CCCC1OC(=O)C2. The maximum atomic E-state index is 11.1. The molecule has 0 bridgehead atoms. The average molecular weight is 166 g/mol. The van der Waals surface area contributed by atoms with E-state index in [1.165, 1.54) is 6.42 Å². The molecule has 2 heteroatoms. The van der Waals surface area contributed by atoms with Crippen LogP contribution < -0.4 is 0 Å². The third-order valence-electron chi connectivity index (χ3n) is 3.00. The lowest BCUT2D eigenvalue weighted by Gasteiger charge is -2.20. The maximum absolute atomic E-state index is 11.1. The van der Waals surface area contributed by atoms with Crippen LogP contribution in [-0.4, -0.2) is 12.1 Å². The Morgan fingerprint density at radius 1 is 1.67 bits per heavy atom. The maximum Gasteiger partial charge on any atom is 0.307 e. The van der Waals surface area contributed by atoms with E-state index in [0.717, 1.165) is 12.8 Å². The van der Waals surface area contributed by atoms with Gasteiger partial charge in [-0.05, 0) is 26.2 Å². The number of ether oxygens (including phenoxy) is 1. The Balaban J connectivity index is 2.25. The Kier molecular flexibility index (Phi) is 1.71. The van der Waals surface area contributed by atoms with Gasteiger partial charge in [0.25, 0.3) is 0 Å². The lowest BCUT2D eigenvalue weighted by atomic mass is 9.82. The fourth-order valence-corrected chi connectivity index (χ4v) is 2.49. The number of fused-ring (bicyclic) bond motifs is 1. The molecular weight excluding hydrogens is 152 g/mol. The summed E-state index contributed by atoms with van der Waals surface area (Å²) >= 11 is 0. The van der Waals surface area contributed by atoms with Crippen LogP contribution in [0.3, 0.4) is 0 Å². The van der Waals surface area contributed by atoms with Crippen LogP contribution in [0.5, 0.6) is 0 Å². The summed E-state index contributed by atoms with van der Waals surface area (Å²) in [5.41, 5.74) is 0.0752. The van der Waals surface area contributed by atoms with Crippen LogP contribution in [0.25, 0.3) is 0 Å². The van der Waals surface area contributed by atoms with Gasteiger partial charge in [-0.25, -0.2) is 0 Å². The Bertz CT molecular complexity index is 232. The molecule has 2 fully saturated rings. The monoisotopic (exact) mass is 166 g/mol. The second-order valence-corrected chi connectivity index (χ2v) is 3.78. The van der Waals surface area contributed by atoms with Crippen molar-refractivity contribution in [2.24, 2.45) is 5.41 Å². The van der Waals surface area contributed by atoms with E-state index < -0.39 is 0 Å². The quantitative estimate of drug-likeness (QED) is 0.440. The highest BCUT2D eigenvalue weighted by atomic mass is 16.6. The first-order chi connectivity index (χ1) is 5.77. The number of carbonyl (C=O) groups excluding carboxylic acids is 1. The molecule has 2 atom stereocenters. The highest BCUT2D eigenvalue weighted by Gasteiger charge is 2.49. The summed E-state index contributed by atoms with van der Waals surface area (Å²) < 4.78 is 5.25. The number of allylic oxidation sites excluding steroid dienone is 1. The van der Waals surface area contributed by atoms with Crippen molar-refractivity contribution in [2.45, 2.75) is 38.7 Å². The molecule has 0 aromatic carbocycles. The molecule has 1 aliphatic heterocycles. The van der Waals surface area contributed by atoms with E-state index in [1.54, 1.807) is 0 Å². The van der Waals surface area contributed by atoms with Gasteiger partial charge in [0.05, 0.1) is 6.42 Å². The van der Waals surface area contributed by atoms with Crippen LogP contribution in [-0.2, 0) is 9.53 Å². The summed E-state index contributed by atoms with van der Waals surface area (Å²) in [7, 11) is 0. The van der Waals surface area contributed by atoms with E-state index in [0.29, 0.717) is 6.42 Å². The third kappa shape index (κ3) is 0.977. The Morgan fingerprint density at radius 3 is 3.25 bits per heavy atom. The van der Waals surface area contributed by atoms with Crippen molar-refractivity contribution in [3.63, 3.8) is 0 Å². The number of esters is 1. The summed E-state index contributed by atoms with van der Waals surface area (Å²) in [6.07, 6.45) is 8.35. The molecule has 1 aliphatic carbocycles. The zero-order valence-corrected chi connectivity index (χ0v) is 7.38. The van der Waals surface area contributed by atoms with Gasteiger partial charge in [0, 0.05) is 5.41 Å². The second kappa shape index (κ2) is 2.61. The predicted octanol–water partition coefficient (Wildman–Crippen LogP) is 2.05. The third-order valence-corrected chi connectivity index (χ3v) is 3.00. The van der Waals surface area contributed by atoms with Gasteiger partial charge in [0.2, 0.25) is 0 Å². The van der Waals surface area contributed by atoms with E-state index in [4.69, 9.17) is 4.74 Å². The molecule has 1 heterocycles. The van der Waals surface area contributed by atoms with Crippen LogP contribution >= 0.6 is 0 Å². The van der Waals surface area contributed by atoms with E-state index in [1.807, 2.05) is 13.0 Å². The van der Waals surface area contributed by atoms with Crippen LogP contribution in [0.2, 0.25) is 0 Å². The highest BCUT2D eigenvalue weighted by Crippen LogP contribution is 2.48. The topological polar surface area (TPSA) is 26.3 Å². The van der Waals surface area contributed by atoms with Gasteiger partial charge in [-0.3, -0.25) is 4.79 Å². The second-order valence-electron chi connectivity index (χ2n) is 3.78. The van der Waals surface area contributed by atoms with Gasteiger partial charge in [0.1, 0.15) is 6.10 Å². The predicted molar refractivity (Wildman–Crippen MR) is 45.6 cm³/mol. The first kappa shape index (κ1) is 7.84. The Morgan fingerprint density at radius 2 is 2.50 bits per heavy atom. The molecule has 0 aromatic heterocycles. The molecule has 0 aromatic rings. The van der Waals surface area contributed by atoms with Crippen molar-refractivity contribution in [3.05, 3.63) is 12.2 Å². The first-order valence-corrected chi connectivity index (χ1v) is 4.60. The van der Waals surface area contributed by atoms with Crippen molar-refractivity contribution in [1.82, 2.24) is 0 Å². The fraction of sp³-hybridized carbons (Fsp3) is 0.700. The molecule has 0 N–H and O–H groups in total.